The molecule has 0 saturated carbocycles. The fourth-order valence-corrected chi connectivity index (χ4v) is 2.99. The largest absolute Gasteiger partial charge is 0.481 e. The van der Waals surface area contributed by atoms with E-state index in [-0.39, 0.29) is 18.6 Å². The van der Waals surface area contributed by atoms with Crippen molar-refractivity contribution in [1.82, 2.24) is 15.2 Å². The monoisotopic (exact) mass is 313 g/mol. The Kier molecular flexibility index (Phi) is 6.14. The van der Waals surface area contributed by atoms with E-state index in [9.17, 15) is 9.59 Å². The van der Waals surface area contributed by atoms with E-state index in [0.29, 0.717) is 6.54 Å². The first-order valence-electron chi connectivity index (χ1n) is 6.98. The Morgan fingerprint density at radius 2 is 2.00 bits per heavy atom. The number of aryl methyl sites for hydroxylation is 2. The second kappa shape index (κ2) is 7.40. The van der Waals surface area contributed by atoms with Crippen LogP contribution in [-0.4, -0.2) is 40.1 Å². The van der Waals surface area contributed by atoms with Gasteiger partial charge in [-0.15, -0.1) is 11.3 Å². The highest BCUT2D eigenvalue weighted by molar-refractivity contribution is 7.11. The molecule has 2 unspecified atom stereocenters. The van der Waals surface area contributed by atoms with Gasteiger partial charge in [-0.2, -0.15) is 0 Å². The van der Waals surface area contributed by atoms with Gasteiger partial charge in [-0.3, -0.25) is 4.79 Å². The number of nitrogens with zero attached hydrogens (tertiary/aromatic N) is 2. The van der Waals surface area contributed by atoms with Crippen LogP contribution in [0, 0.1) is 19.8 Å². The summed E-state index contributed by atoms with van der Waals surface area (Å²) in [6.07, 6.45) is 0. The van der Waals surface area contributed by atoms with Gasteiger partial charge in [0.05, 0.1) is 22.7 Å². The molecule has 2 N–H and O–H groups in total. The second-order valence-electron chi connectivity index (χ2n) is 5.13. The van der Waals surface area contributed by atoms with Gasteiger partial charge in [0.25, 0.3) is 0 Å². The molecule has 0 aliphatic heterocycles. The Morgan fingerprint density at radius 3 is 2.43 bits per heavy atom. The molecule has 1 aromatic heterocycles. The van der Waals surface area contributed by atoms with Crippen LogP contribution in [0.3, 0.4) is 0 Å². The summed E-state index contributed by atoms with van der Waals surface area (Å²) in [6, 6.07) is -0.388. The Hall–Kier alpha value is -1.63. The van der Waals surface area contributed by atoms with Crippen LogP contribution in [0.4, 0.5) is 4.79 Å². The molecule has 0 radical (unpaired) electrons. The Morgan fingerprint density at radius 1 is 1.38 bits per heavy atom. The van der Waals surface area contributed by atoms with Crippen molar-refractivity contribution in [2.24, 2.45) is 5.92 Å². The summed E-state index contributed by atoms with van der Waals surface area (Å²) in [5, 5.41) is 12.8. The summed E-state index contributed by atoms with van der Waals surface area (Å²) in [4.78, 5) is 30.0. The van der Waals surface area contributed by atoms with E-state index in [1.54, 1.807) is 18.3 Å². The van der Waals surface area contributed by atoms with Gasteiger partial charge < -0.3 is 15.3 Å². The van der Waals surface area contributed by atoms with Crippen molar-refractivity contribution in [2.75, 3.05) is 13.1 Å². The number of urea groups is 1. The standard InChI is InChI=1S/C14H23N3O3S/c1-6-17(7-8(2)13(18)19)14(20)16-10(4)12-9(3)15-11(5)21-12/h8,10H,6-7H2,1-5H3,(H,16,20)(H,18,19). The van der Waals surface area contributed by atoms with E-state index < -0.39 is 11.9 Å². The van der Waals surface area contributed by atoms with Crippen molar-refractivity contribution in [1.29, 1.82) is 0 Å². The van der Waals surface area contributed by atoms with Crippen LogP contribution in [0.1, 0.15) is 42.4 Å². The molecule has 0 spiro atoms. The predicted octanol–water partition coefficient (Wildman–Crippen LogP) is 2.57. The summed E-state index contributed by atoms with van der Waals surface area (Å²) in [5.74, 6) is -1.48. The highest BCUT2D eigenvalue weighted by Crippen LogP contribution is 2.24. The lowest BCUT2D eigenvalue weighted by Crippen LogP contribution is -2.43. The number of hydrogen-bond acceptors (Lipinski definition) is 4. The number of aliphatic carboxylic acids is 1. The Labute approximate surface area is 129 Å². The Balaban J connectivity index is 2.69. The number of amides is 2. The van der Waals surface area contributed by atoms with Gasteiger partial charge in [0, 0.05) is 18.0 Å². The molecule has 2 atom stereocenters. The van der Waals surface area contributed by atoms with Crippen molar-refractivity contribution >= 4 is 23.3 Å². The number of carboxylic acids is 1. The second-order valence-corrected chi connectivity index (χ2v) is 6.37. The highest BCUT2D eigenvalue weighted by Gasteiger charge is 2.22. The molecule has 118 valence electrons. The number of carbonyl (C=O) groups excluding carboxylic acids is 1. The number of aromatic nitrogens is 1. The molecule has 1 aromatic rings. The molecule has 7 heteroatoms. The third-order valence-electron chi connectivity index (χ3n) is 3.26. The molecule has 6 nitrogen and oxygen atoms in total. The first-order valence-corrected chi connectivity index (χ1v) is 7.80. The minimum atomic E-state index is -0.900. The van der Waals surface area contributed by atoms with Gasteiger partial charge in [0.2, 0.25) is 0 Å². The van der Waals surface area contributed by atoms with Gasteiger partial charge in [-0.05, 0) is 27.7 Å². The molecular formula is C14H23N3O3S. The van der Waals surface area contributed by atoms with Crippen LogP contribution in [0.5, 0.6) is 0 Å². The molecule has 0 aliphatic carbocycles. The summed E-state index contributed by atoms with van der Waals surface area (Å²) in [6.45, 7) is 9.86. The van der Waals surface area contributed by atoms with Crippen LogP contribution in [0.2, 0.25) is 0 Å². The normalized spacial score (nSPS) is 13.6. The molecule has 2 amide bonds. The third kappa shape index (κ3) is 4.70. The lowest BCUT2D eigenvalue weighted by molar-refractivity contribution is -0.141. The maximum atomic E-state index is 12.2. The van der Waals surface area contributed by atoms with E-state index in [2.05, 4.69) is 10.3 Å². The van der Waals surface area contributed by atoms with E-state index in [1.807, 2.05) is 27.7 Å². The topological polar surface area (TPSA) is 82.5 Å². The number of carbonyl (C=O) groups is 2. The molecule has 21 heavy (non-hydrogen) atoms. The predicted molar refractivity (Wildman–Crippen MR) is 82.6 cm³/mol. The quantitative estimate of drug-likeness (QED) is 0.845. The zero-order chi connectivity index (χ0) is 16.2. The van der Waals surface area contributed by atoms with E-state index in [0.717, 1.165) is 15.6 Å². The molecule has 0 fully saturated rings. The van der Waals surface area contributed by atoms with Crippen LogP contribution >= 0.6 is 11.3 Å². The van der Waals surface area contributed by atoms with Crippen LogP contribution in [-0.2, 0) is 4.79 Å². The third-order valence-corrected chi connectivity index (χ3v) is 4.51. The first-order chi connectivity index (χ1) is 9.76. The van der Waals surface area contributed by atoms with Gasteiger partial charge in [-0.1, -0.05) is 6.92 Å². The average molecular weight is 313 g/mol. The van der Waals surface area contributed by atoms with Crippen molar-refractivity contribution in [2.45, 2.75) is 40.7 Å². The SMILES string of the molecule is CCN(CC(C)C(=O)O)C(=O)NC(C)c1sc(C)nc1C. The van der Waals surface area contributed by atoms with Crippen molar-refractivity contribution in [3.63, 3.8) is 0 Å². The zero-order valence-electron chi connectivity index (χ0n) is 13.1. The van der Waals surface area contributed by atoms with Crippen LogP contribution < -0.4 is 5.32 Å². The zero-order valence-corrected chi connectivity index (χ0v) is 14.0. The van der Waals surface area contributed by atoms with Gasteiger partial charge in [-0.25, -0.2) is 9.78 Å². The summed E-state index contributed by atoms with van der Waals surface area (Å²) in [7, 11) is 0. The van der Waals surface area contributed by atoms with Crippen molar-refractivity contribution < 1.29 is 14.7 Å². The molecule has 1 heterocycles. The average Bonchev–Trinajstić information content (AvgIpc) is 2.74. The number of rotatable bonds is 6. The lowest BCUT2D eigenvalue weighted by atomic mass is 10.2. The maximum absolute atomic E-state index is 12.2. The van der Waals surface area contributed by atoms with Crippen LogP contribution in [0.15, 0.2) is 0 Å². The smallest absolute Gasteiger partial charge is 0.317 e. The van der Waals surface area contributed by atoms with E-state index in [1.165, 1.54) is 4.90 Å². The minimum absolute atomic E-state index is 0.141. The number of nitrogens with one attached hydrogen (secondary N) is 1. The van der Waals surface area contributed by atoms with Gasteiger partial charge in [0.1, 0.15) is 0 Å². The highest BCUT2D eigenvalue weighted by atomic mass is 32.1. The summed E-state index contributed by atoms with van der Waals surface area (Å²) in [5.41, 5.74) is 0.923. The molecule has 0 saturated heterocycles. The lowest BCUT2D eigenvalue weighted by Gasteiger charge is -2.25. The molecule has 1 rings (SSSR count). The fraction of sp³-hybridized carbons (Fsp3) is 0.643. The molecule has 0 aliphatic rings. The van der Waals surface area contributed by atoms with Gasteiger partial charge >= 0.3 is 12.0 Å². The summed E-state index contributed by atoms with van der Waals surface area (Å²) >= 11 is 1.56. The number of hydrogen-bond donors (Lipinski definition) is 2. The molecule has 0 bridgehead atoms. The van der Waals surface area contributed by atoms with Gasteiger partial charge in [0.15, 0.2) is 0 Å². The first kappa shape index (κ1) is 17.4. The van der Waals surface area contributed by atoms with E-state index >= 15 is 0 Å². The Bertz CT molecular complexity index is 516. The minimum Gasteiger partial charge on any atom is -0.481 e. The fourth-order valence-electron chi connectivity index (χ4n) is 2.06. The number of carboxylic acid groups (broad SMARTS) is 1. The number of thiazole rings is 1. The molecule has 0 aromatic carbocycles. The van der Waals surface area contributed by atoms with Crippen molar-refractivity contribution in [3.05, 3.63) is 15.6 Å². The molecular weight excluding hydrogens is 290 g/mol. The van der Waals surface area contributed by atoms with Crippen molar-refractivity contribution in [3.8, 4) is 0 Å². The van der Waals surface area contributed by atoms with Crippen LogP contribution in [0.25, 0.3) is 0 Å². The maximum Gasteiger partial charge on any atom is 0.317 e. The summed E-state index contributed by atoms with van der Waals surface area (Å²) < 4.78 is 0. The van der Waals surface area contributed by atoms with E-state index in [4.69, 9.17) is 5.11 Å².